The van der Waals surface area contributed by atoms with Crippen molar-refractivity contribution in [1.29, 1.82) is 0 Å². The summed E-state index contributed by atoms with van der Waals surface area (Å²) in [6, 6.07) is 16.1. The summed E-state index contributed by atoms with van der Waals surface area (Å²) in [5.41, 5.74) is -0.553. The van der Waals surface area contributed by atoms with Crippen LogP contribution in [0.3, 0.4) is 0 Å². The second-order valence-corrected chi connectivity index (χ2v) is 8.09. The molecule has 0 atom stereocenters. The zero-order valence-electron chi connectivity index (χ0n) is 18.7. The molecule has 5 rings (SSSR count). The third-order valence-corrected chi connectivity index (χ3v) is 5.75. The van der Waals surface area contributed by atoms with Crippen LogP contribution >= 0.6 is 0 Å². The molecule has 3 aromatic carbocycles. The number of carbonyl (C=O) groups excluding carboxylic acids is 1. The van der Waals surface area contributed by atoms with Gasteiger partial charge in [-0.3, -0.25) is 4.79 Å². The van der Waals surface area contributed by atoms with Crippen LogP contribution in [-0.2, 0) is 6.18 Å². The molecule has 4 nitrogen and oxygen atoms in total. The van der Waals surface area contributed by atoms with Crippen molar-refractivity contribution >= 4 is 17.1 Å². The molecule has 1 N–H and O–H groups in total. The molecule has 0 aliphatic heterocycles. The van der Waals surface area contributed by atoms with Crippen molar-refractivity contribution in [3.8, 4) is 22.4 Å². The third kappa shape index (κ3) is 4.53. The Morgan fingerprint density at radius 2 is 1.57 bits per heavy atom. The lowest BCUT2D eigenvalue weighted by Crippen LogP contribution is -2.19. The van der Waals surface area contributed by atoms with Gasteiger partial charge in [-0.2, -0.15) is 18.3 Å². The van der Waals surface area contributed by atoms with Gasteiger partial charge >= 0.3 is 6.18 Å². The summed E-state index contributed by atoms with van der Waals surface area (Å²) in [4.78, 5) is 12.9. The maximum atomic E-state index is 14.4. The van der Waals surface area contributed by atoms with Gasteiger partial charge in [-0.05, 0) is 54.6 Å². The molecule has 0 fully saturated rings. The molecule has 10 heteroatoms. The van der Waals surface area contributed by atoms with Gasteiger partial charge < -0.3 is 5.32 Å². The number of alkyl halides is 3. The predicted molar refractivity (Wildman–Crippen MR) is 125 cm³/mol. The van der Waals surface area contributed by atoms with Crippen molar-refractivity contribution in [3.63, 3.8) is 0 Å². The van der Waals surface area contributed by atoms with E-state index in [0.29, 0.717) is 11.2 Å². The van der Waals surface area contributed by atoms with Crippen molar-refractivity contribution < 1.29 is 31.1 Å². The van der Waals surface area contributed by atoms with Crippen LogP contribution < -0.4 is 5.32 Å². The number of rotatable bonds is 4. The van der Waals surface area contributed by atoms with E-state index in [1.807, 2.05) is 0 Å². The van der Waals surface area contributed by atoms with Crippen molar-refractivity contribution in [2.75, 3.05) is 5.32 Å². The van der Waals surface area contributed by atoms with E-state index < -0.39 is 40.7 Å². The van der Waals surface area contributed by atoms with E-state index in [-0.39, 0.29) is 22.4 Å². The number of halogens is 6. The maximum Gasteiger partial charge on any atom is 0.417 e. The van der Waals surface area contributed by atoms with Gasteiger partial charge in [-0.15, -0.1) is 0 Å². The molecule has 0 unspecified atom stereocenters. The van der Waals surface area contributed by atoms with Gasteiger partial charge in [0.15, 0.2) is 11.6 Å². The zero-order chi connectivity index (χ0) is 26.3. The SMILES string of the molecule is O=C(Nc1ccc(F)cc1)c1cc(-c2cccc3c(-c4cccc(F)c4F)cnn23)ccc1C(F)(F)F. The van der Waals surface area contributed by atoms with Crippen LogP contribution in [0, 0.1) is 17.5 Å². The number of nitrogens with one attached hydrogen (secondary N) is 1. The molecule has 0 spiro atoms. The highest BCUT2D eigenvalue weighted by Crippen LogP contribution is 2.36. The van der Waals surface area contributed by atoms with Crippen LogP contribution in [-0.4, -0.2) is 15.5 Å². The number of amides is 1. The molecule has 0 aliphatic carbocycles. The highest BCUT2D eigenvalue weighted by Gasteiger charge is 2.35. The molecular formula is C27H15F6N3O. The Balaban J connectivity index is 1.61. The number of benzene rings is 3. The summed E-state index contributed by atoms with van der Waals surface area (Å²) in [7, 11) is 0. The Kier molecular flexibility index (Phi) is 5.94. The van der Waals surface area contributed by atoms with E-state index in [1.165, 1.54) is 41.0 Å². The van der Waals surface area contributed by atoms with E-state index in [0.717, 1.165) is 30.3 Å². The van der Waals surface area contributed by atoms with Gasteiger partial charge in [-0.1, -0.05) is 24.3 Å². The van der Waals surface area contributed by atoms with Gasteiger partial charge in [0.25, 0.3) is 5.91 Å². The van der Waals surface area contributed by atoms with Crippen molar-refractivity contribution in [2.45, 2.75) is 6.18 Å². The highest BCUT2D eigenvalue weighted by atomic mass is 19.4. The Morgan fingerprint density at radius 3 is 2.30 bits per heavy atom. The van der Waals surface area contributed by atoms with E-state index in [1.54, 1.807) is 18.2 Å². The molecule has 5 aromatic rings. The fourth-order valence-electron chi connectivity index (χ4n) is 4.02. The Labute approximate surface area is 205 Å². The summed E-state index contributed by atoms with van der Waals surface area (Å²) < 4.78 is 84.0. The first-order valence-electron chi connectivity index (χ1n) is 10.8. The number of fused-ring (bicyclic) bond motifs is 1. The molecule has 186 valence electrons. The minimum Gasteiger partial charge on any atom is -0.322 e. The Bertz CT molecular complexity index is 1640. The summed E-state index contributed by atoms with van der Waals surface area (Å²) in [5, 5.41) is 6.58. The lowest BCUT2D eigenvalue weighted by atomic mass is 10.00. The molecule has 2 aromatic heterocycles. The molecular weight excluding hydrogens is 496 g/mol. The van der Waals surface area contributed by atoms with Crippen molar-refractivity contribution in [3.05, 3.63) is 114 Å². The number of carbonyl (C=O) groups is 1. The van der Waals surface area contributed by atoms with Gasteiger partial charge in [0, 0.05) is 22.4 Å². The molecule has 0 radical (unpaired) electrons. The van der Waals surface area contributed by atoms with E-state index in [2.05, 4.69) is 10.4 Å². The normalized spacial score (nSPS) is 11.6. The van der Waals surface area contributed by atoms with Crippen LogP contribution in [0.15, 0.2) is 85.1 Å². The van der Waals surface area contributed by atoms with Crippen LogP contribution in [0.25, 0.3) is 27.9 Å². The molecule has 37 heavy (non-hydrogen) atoms. The maximum absolute atomic E-state index is 14.4. The summed E-state index contributed by atoms with van der Waals surface area (Å²) in [6.45, 7) is 0. The molecule has 2 heterocycles. The average molecular weight is 511 g/mol. The number of pyridine rings is 1. The first kappa shape index (κ1) is 24.1. The second-order valence-electron chi connectivity index (χ2n) is 8.09. The Morgan fingerprint density at radius 1 is 0.838 bits per heavy atom. The van der Waals surface area contributed by atoms with Crippen LogP contribution in [0.5, 0.6) is 0 Å². The summed E-state index contributed by atoms with van der Waals surface area (Å²) in [5.74, 6) is -3.71. The third-order valence-electron chi connectivity index (χ3n) is 5.75. The van der Waals surface area contributed by atoms with Gasteiger partial charge in [0.05, 0.1) is 28.5 Å². The quantitative estimate of drug-likeness (QED) is 0.256. The van der Waals surface area contributed by atoms with Gasteiger partial charge in [0.2, 0.25) is 0 Å². The number of aromatic nitrogens is 2. The Hall–Kier alpha value is -4.60. The largest absolute Gasteiger partial charge is 0.417 e. The predicted octanol–water partition coefficient (Wildman–Crippen LogP) is 7.36. The minimum atomic E-state index is -4.83. The average Bonchev–Trinajstić information content (AvgIpc) is 3.30. The lowest BCUT2D eigenvalue weighted by molar-refractivity contribution is -0.137. The molecule has 0 saturated carbocycles. The zero-order valence-corrected chi connectivity index (χ0v) is 18.7. The van der Waals surface area contributed by atoms with Gasteiger partial charge in [0.1, 0.15) is 5.82 Å². The summed E-state index contributed by atoms with van der Waals surface area (Å²) >= 11 is 0. The van der Waals surface area contributed by atoms with E-state index in [9.17, 15) is 31.1 Å². The molecule has 0 saturated heterocycles. The second kappa shape index (κ2) is 9.12. The van der Waals surface area contributed by atoms with E-state index in [4.69, 9.17) is 0 Å². The van der Waals surface area contributed by atoms with Crippen molar-refractivity contribution in [1.82, 2.24) is 9.61 Å². The number of anilines is 1. The fraction of sp³-hybridized carbons (Fsp3) is 0.0370. The molecule has 1 amide bonds. The highest BCUT2D eigenvalue weighted by molar-refractivity contribution is 6.06. The topological polar surface area (TPSA) is 46.4 Å². The summed E-state index contributed by atoms with van der Waals surface area (Å²) in [6.07, 6.45) is -3.50. The lowest BCUT2D eigenvalue weighted by Gasteiger charge is -2.15. The first-order valence-corrected chi connectivity index (χ1v) is 10.8. The van der Waals surface area contributed by atoms with Crippen LogP contribution in [0.2, 0.25) is 0 Å². The van der Waals surface area contributed by atoms with Gasteiger partial charge in [-0.25, -0.2) is 17.7 Å². The number of hydrogen-bond acceptors (Lipinski definition) is 2. The smallest absolute Gasteiger partial charge is 0.322 e. The van der Waals surface area contributed by atoms with Crippen LogP contribution in [0.4, 0.5) is 32.0 Å². The first-order chi connectivity index (χ1) is 17.6. The fourth-order valence-corrected chi connectivity index (χ4v) is 4.02. The van der Waals surface area contributed by atoms with Crippen molar-refractivity contribution in [2.24, 2.45) is 0 Å². The molecule has 0 bridgehead atoms. The number of hydrogen-bond donors (Lipinski definition) is 1. The monoisotopic (exact) mass is 511 g/mol. The minimum absolute atomic E-state index is 0.0288. The standard InChI is InChI=1S/C27H15F6N3O/c28-16-8-10-17(11-9-16)35-26(37)19-13-15(7-12-21(19)27(31,32)33)23-5-2-6-24-20(14-34-36(23)24)18-3-1-4-22(29)25(18)30/h1-14H,(H,35,37). The van der Waals surface area contributed by atoms with Crippen LogP contribution in [0.1, 0.15) is 15.9 Å². The van der Waals surface area contributed by atoms with E-state index >= 15 is 0 Å². The number of nitrogens with zero attached hydrogens (tertiary/aromatic N) is 2. The molecule has 0 aliphatic rings.